The second kappa shape index (κ2) is 14.0. The van der Waals surface area contributed by atoms with Gasteiger partial charge in [-0.2, -0.15) is 0 Å². The number of carbonyl (C=O) groups is 1. The molecule has 1 heterocycles. The lowest BCUT2D eigenvalue weighted by Gasteiger charge is -2.23. The maximum Gasteiger partial charge on any atom is 0.336 e. The average molecular weight is 414 g/mol. The van der Waals surface area contributed by atoms with Gasteiger partial charge in [0.2, 0.25) is 0 Å². The zero-order valence-electron chi connectivity index (χ0n) is 19.0. The Hall–Kier alpha value is -2.10. The Morgan fingerprint density at radius 1 is 0.767 bits per heavy atom. The normalized spacial score (nSPS) is 11.1. The molecule has 4 nitrogen and oxygen atoms in total. The molecule has 0 N–H and O–H groups in total. The highest BCUT2D eigenvalue weighted by Gasteiger charge is 2.16. The maximum absolute atomic E-state index is 13.2. The third-order valence-electron chi connectivity index (χ3n) is 5.72. The van der Waals surface area contributed by atoms with Crippen LogP contribution < -0.4 is 5.63 Å². The van der Waals surface area contributed by atoms with E-state index in [1.165, 1.54) is 70.3 Å². The minimum atomic E-state index is -0.386. The molecule has 1 amide bonds. The SMILES string of the molecule is CCCCCCCCN(CCCCCCCC)C(=O)c1ccc2ccc(=O)oc2c1. The van der Waals surface area contributed by atoms with Gasteiger partial charge in [0.15, 0.2) is 0 Å². The van der Waals surface area contributed by atoms with Crippen molar-refractivity contribution in [2.24, 2.45) is 0 Å². The first-order chi connectivity index (χ1) is 14.7. The van der Waals surface area contributed by atoms with E-state index in [9.17, 15) is 9.59 Å². The molecule has 0 atom stereocenters. The monoisotopic (exact) mass is 413 g/mol. The van der Waals surface area contributed by atoms with Crippen LogP contribution in [0.4, 0.5) is 0 Å². The standard InChI is InChI=1S/C26H39NO3/c1-3-5-7-9-11-13-19-27(20-14-12-10-8-6-4-2)26(29)23-16-15-22-17-18-25(28)30-24(22)21-23/h15-18,21H,3-14,19-20H2,1-2H3. The summed E-state index contributed by atoms with van der Waals surface area (Å²) >= 11 is 0. The summed E-state index contributed by atoms with van der Waals surface area (Å²) in [6.45, 7) is 6.06. The molecule has 0 fully saturated rings. The second-order valence-corrected chi connectivity index (χ2v) is 8.33. The molecule has 1 aromatic heterocycles. The average Bonchev–Trinajstić information content (AvgIpc) is 2.76. The first-order valence-electron chi connectivity index (χ1n) is 12.0. The van der Waals surface area contributed by atoms with E-state index in [1.54, 1.807) is 12.1 Å². The van der Waals surface area contributed by atoms with Crippen LogP contribution in [0.5, 0.6) is 0 Å². The summed E-state index contributed by atoms with van der Waals surface area (Å²) in [5.74, 6) is 0.0468. The van der Waals surface area contributed by atoms with E-state index in [0.29, 0.717) is 11.1 Å². The van der Waals surface area contributed by atoms with Gasteiger partial charge in [-0.1, -0.05) is 84.1 Å². The Balaban J connectivity index is 1.97. The van der Waals surface area contributed by atoms with Gasteiger partial charge in [0.1, 0.15) is 5.58 Å². The summed E-state index contributed by atoms with van der Waals surface area (Å²) < 4.78 is 5.28. The number of hydrogen-bond acceptors (Lipinski definition) is 3. The van der Waals surface area contributed by atoms with Gasteiger partial charge < -0.3 is 9.32 Å². The van der Waals surface area contributed by atoms with Crippen molar-refractivity contribution in [3.8, 4) is 0 Å². The predicted octanol–water partition coefficient (Wildman–Crippen LogP) is 6.96. The van der Waals surface area contributed by atoms with Crippen LogP contribution in [0.2, 0.25) is 0 Å². The summed E-state index contributed by atoms with van der Waals surface area (Å²) in [4.78, 5) is 26.7. The molecule has 0 saturated heterocycles. The summed E-state index contributed by atoms with van der Waals surface area (Å²) in [6, 6.07) is 8.57. The molecule has 0 aliphatic rings. The molecule has 166 valence electrons. The summed E-state index contributed by atoms with van der Waals surface area (Å²) in [6.07, 6.45) is 14.6. The zero-order valence-corrected chi connectivity index (χ0v) is 19.0. The fourth-order valence-electron chi connectivity index (χ4n) is 3.86. The van der Waals surface area contributed by atoms with Gasteiger partial charge >= 0.3 is 5.63 Å². The van der Waals surface area contributed by atoms with Crippen LogP contribution in [0.1, 0.15) is 101 Å². The van der Waals surface area contributed by atoms with Crippen LogP contribution in [0.25, 0.3) is 11.0 Å². The molecule has 30 heavy (non-hydrogen) atoms. The lowest BCUT2D eigenvalue weighted by molar-refractivity contribution is 0.0749. The molecule has 1 aromatic carbocycles. The molecule has 2 aromatic rings. The van der Waals surface area contributed by atoms with Crippen molar-refractivity contribution in [1.82, 2.24) is 4.90 Å². The smallest absolute Gasteiger partial charge is 0.336 e. The van der Waals surface area contributed by atoms with Crippen LogP contribution in [-0.4, -0.2) is 23.9 Å². The van der Waals surface area contributed by atoms with Crippen LogP contribution in [-0.2, 0) is 0 Å². The van der Waals surface area contributed by atoms with Gasteiger partial charge in [-0.05, 0) is 31.0 Å². The molecule has 0 saturated carbocycles. The highest BCUT2D eigenvalue weighted by atomic mass is 16.4. The fourth-order valence-corrected chi connectivity index (χ4v) is 3.86. The first-order valence-corrected chi connectivity index (χ1v) is 12.0. The van der Waals surface area contributed by atoms with Crippen LogP contribution in [0.3, 0.4) is 0 Å². The third-order valence-corrected chi connectivity index (χ3v) is 5.72. The van der Waals surface area contributed by atoms with Crippen molar-refractivity contribution >= 4 is 16.9 Å². The highest BCUT2D eigenvalue weighted by molar-refractivity contribution is 5.97. The third kappa shape index (κ3) is 8.33. The van der Waals surface area contributed by atoms with Gasteiger partial charge in [-0.3, -0.25) is 4.79 Å². The predicted molar refractivity (Wildman–Crippen MR) is 125 cm³/mol. The molecule has 0 bridgehead atoms. The number of carbonyl (C=O) groups excluding carboxylic acids is 1. The molecular weight excluding hydrogens is 374 g/mol. The molecule has 0 aliphatic heterocycles. The Bertz CT molecular complexity index is 795. The second-order valence-electron chi connectivity index (χ2n) is 8.33. The van der Waals surface area contributed by atoms with E-state index in [0.717, 1.165) is 31.3 Å². The van der Waals surface area contributed by atoms with Crippen molar-refractivity contribution in [1.29, 1.82) is 0 Å². The minimum absolute atomic E-state index is 0.0468. The molecule has 0 spiro atoms. The lowest BCUT2D eigenvalue weighted by atomic mass is 10.1. The van der Waals surface area contributed by atoms with Crippen molar-refractivity contribution in [2.45, 2.75) is 90.9 Å². The van der Waals surface area contributed by atoms with Gasteiger partial charge in [-0.15, -0.1) is 0 Å². The van der Waals surface area contributed by atoms with E-state index < -0.39 is 0 Å². The van der Waals surface area contributed by atoms with E-state index in [2.05, 4.69) is 13.8 Å². The number of benzene rings is 1. The summed E-state index contributed by atoms with van der Waals surface area (Å²) in [5, 5.41) is 0.838. The topological polar surface area (TPSA) is 50.5 Å². The number of unbranched alkanes of at least 4 members (excludes halogenated alkanes) is 10. The Morgan fingerprint density at radius 3 is 1.90 bits per heavy atom. The van der Waals surface area contributed by atoms with Gasteiger partial charge in [0, 0.05) is 30.1 Å². The van der Waals surface area contributed by atoms with Crippen molar-refractivity contribution < 1.29 is 9.21 Å². The van der Waals surface area contributed by atoms with Crippen molar-refractivity contribution in [2.75, 3.05) is 13.1 Å². The van der Waals surface area contributed by atoms with Crippen LogP contribution >= 0.6 is 0 Å². The number of hydrogen-bond donors (Lipinski definition) is 0. The summed E-state index contributed by atoms with van der Waals surface area (Å²) in [7, 11) is 0. The molecule has 0 unspecified atom stereocenters. The largest absolute Gasteiger partial charge is 0.423 e. The Kier molecular flexibility index (Phi) is 11.3. The van der Waals surface area contributed by atoms with E-state index >= 15 is 0 Å². The lowest BCUT2D eigenvalue weighted by Crippen LogP contribution is -2.33. The number of amides is 1. The van der Waals surface area contributed by atoms with Crippen molar-refractivity contribution in [3.05, 3.63) is 46.3 Å². The van der Waals surface area contributed by atoms with Crippen molar-refractivity contribution in [3.63, 3.8) is 0 Å². The number of fused-ring (bicyclic) bond motifs is 1. The molecule has 2 rings (SSSR count). The number of nitrogens with zero attached hydrogens (tertiary/aromatic N) is 1. The number of rotatable bonds is 15. The van der Waals surface area contributed by atoms with E-state index in [1.807, 2.05) is 17.0 Å². The molecule has 0 radical (unpaired) electrons. The maximum atomic E-state index is 13.2. The zero-order chi connectivity index (χ0) is 21.6. The Labute approximate surface area is 181 Å². The highest BCUT2D eigenvalue weighted by Crippen LogP contribution is 2.17. The van der Waals surface area contributed by atoms with Gasteiger partial charge in [0.25, 0.3) is 5.91 Å². The first kappa shape index (κ1) is 24.2. The summed E-state index contributed by atoms with van der Waals surface area (Å²) in [5.41, 5.74) is 0.698. The van der Waals surface area contributed by atoms with E-state index in [4.69, 9.17) is 4.42 Å². The quantitative estimate of drug-likeness (QED) is 0.234. The molecule has 4 heteroatoms. The molecular formula is C26H39NO3. The fraction of sp³-hybridized carbons (Fsp3) is 0.615. The Morgan fingerprint density at radius 2 is 1.30 bits per heavy atom. The van der Waals surface area contributed by atoms with Crippen LogP contribution in [0, 0.1) is 0 Å². The van der Waals surface area contributed by atoms with E-state index in [-0.39, 0.29) is 11.5 Å². The minimum Gasteiger partial charge on any atom is -0.423 e. The van der Waals surface area contributed by atoms with Gasteiger partial charge in [-0.25, -0.2) is 4.79 Å². The van der Waals surface area contributed by atoms with Crippen LogP contribution in [0.15, 0.2) is 39.5 Å². The molecule has 0 aliphatic carbocycles. The van der Waals surface area contributed by atoms with Gasteiger partial charge in [0.05, 0.1) is 0 Å².